The van der Waals surface area contributed by atoms with Crippen LogP contribution in [0.1, 0.15) is 57.3 Å². The van der Waals surface area contributed by atoms with Crippen molar-refractivity contribution < 1.29 is 0 Å². The first-order chi connectivity index (χ1) is 9.06. The molecule has 0 aliphatic heterocycles. The molecule has 3 nitrogen and oxygen atoms in total. The topological polar surface area (TPSA) is 29.9 Å². The van der Waals surface area contributed by atoms with E-state index in [0.29, 0.717) is 5.41 Å². The van der Waals surface area contributed by atoms with Crippen LogP contribution < -0.4 is 5.32 Å². The van der Waals surface area contributed by atoms with Gasteiger partial charge >= 0.3 is 0 Å². The predicted octanol–water partition coefficient (Wildman–Crippen LogP) is 3.70. The molecule has 0 saturated heterocycles. The first-order valence-corrected chi connectivity index (χ1v) is 7.84. The highest BCUT2D eigenvalue weighted by Crippen LogP contribution is 2.35. The molecule has 108 valence electrons. The van der Waals surface area contributed by atoms with Crippen LogP contribution in [0.25, 0.3) is 0 Å². The van der Waals surface area contributed by atoms with Gasteiger partial charge in [-0.2, -0.15) is 5.10 Å². The molecule has 1 aliphatic carbocycles. The Kier molecular flexibility index (Phi) is 4.91. The molecule has 4 heteroatoms. The van der Waals surface area contributed by atoms with Gasteiger partial charge in [-0.1, -0.05) is 44.7 Å². The molecule has 1 aromatic heterocycles. The van der Waals surface area contributed by atoms with Crippen molar-refractivity contribution in [3.63, 3.8) is 0 Å². The fourth-order valence-electron chi connectivity index (χ4n) is 3.08. The number of rotatable bonds is 5. The molecule has 0 amide bonds. The van der Waals surface area contributed by atoms with Crippen molar-refractivity contribution >= 4 is 11.6 Å². The van der Waals surface area contributed by atoms with Crippen LogP contribution in [0.3, 0.4) is 0 Å². The highest BCUT2D eigenvalue weighted by molar-refractivity contribution is 6.31. The van der Waals surface area contributed by atoms with Crippen molar-refractivity contribution in [1.82, 2.24) is 15.1 Å². The lowest BCUT2D eigenvalue weighted by Crippen LogP contribution is -2.33. The van der Waals surface area contributed by atoms with E-state index in [-0.39, 0.29) is 0 Å². The zero-order valence-electron chi connectivity index (χ0n) is 12.4. The van der Waals surface area contributed by atoms with Crippen molar-refractivity contribution in [2.75, 3.05) is 6.54 Å². The highest BCUT2D eigenvalue weighted by Gasteiger charge is 2.26. The Morgan fingerprint density at radius 3 is 2.58 bits per heavy atom. The van der Waals surface area contributed by atoms with Gasteiger partial charge in [-0.25, -0.2) is 0 Å². The van der Waals surface area contributed by atoms with E-state index in [0.717, 1.165) is 35.9 Å². The van der Waals surface area contributed by atoms with E-state index in [1.54, 1.807) is 0 Å². The summed E-state index contributed by atoms with van der Waals surface area (Å²) in [6, 6.07) is 0. The number of hydrogen-bond donors (Lipinski definition) is 1. The SMILES string of the molecule is CCc1nn(C)c(CNCC2(C)CCCCC2)c1Cl. The first kappa shape index (κ1) is 14.9. The summed E-state index contributed by atoms with van der Waals surface area (Å²) in [5, 5.41) is 8.88. The van der Waals surface area contributed by atoms with E-state index in [2.05, 4.69) is 24.3 Å². The zero-order chi connectivity index (χ0) is 13.9. The van der Waals surface area contributed by atoms with Crippen LogP contribution in [0.5, 0.6) is 0 Å². The van der Waals surface area contributed by atoms with Crippen molar-refractivity contribution in [2.24, 2.45) is 12.5 Å². The number of halogens is 1. The zero-order valence-corrected chi connectivity index (χ0v) is 13.2. The Morgan fingerprint density at radius 1 is 1.32 bits per heavy atom. The van der Waals surface area contributed by atoms with E-state index in [9.17, 15) is 0 Å². The summed E-state index contributed by atoms with van der Waals surface area (Å²) >= 11 is 6.36. The van der Waals surface area contributed by atoms with Gasteiger partial charge in [0.1, 0.15) is 0 Å². The summed E-state index contributed by atoms with van der Waals surface area (Å²) < 4.78 is 1.91. The van der Waals surface area contributed by atoms with Crippen LogP contribution in [0, 0.1) is 5.41 Å². The molecule has 1 aliphatic rings. The normalized spacial score (nSPS) is 18.7. The van der Waals surface area contributed by atoms with Gasteiger partial charge in [0.05, 0.1) is 16.4 Å². The predicted molar refractivity (Wildman–Crippen MR) is 80.5 cm³/mol. The maximum absolute atomic E-state index is 6.36. The number of aryl methyl sites for hydroxylation is 2. The molecule has 1 heterocycles. The number of aromatic nitrogens is 2. The van der Waals surface area contributed by atoms with Crippen molar-refractivity contribution in [1.29, 1.82) is 0 Å². The first-order valence-electron chi connectivity index (χ1n) is 7.47. The van der Waals surface area contributed by atoms with Gasteiger partial charge in [0.15, 0.2) is 0 Å². The molecule has 1 fully saturated rings. The van der Waals surface area contributed by atoms with Crippen molar-refractivity contribution in [2.45, 2.75) is 58.9 Å². The Morgan fingerprint density at radius 2 is 2.00 bits per heavy atom. The average Bonchev–Trinajstić information content (AvgIpc) is 2.66. The van der Waals surface area contributed by atoms with Crippen molar-refractivity contribution in [3.8, 4) is 0 Å². The summed E-state index contributed by atoms with van der Waals surface area (Å²) in [5.74, 6) is 0. The Labute approximate surface area is 121 Å². The summed E-state index contributed by atoms with van der Waals surface area (Å²) in [5.41, 5.74) is 2.58. The molecular weight excluding hydrogens is 258 g/mol. The van der Waals surface area contributed by atoms with Crippen LogP contribution >= 0.6 is 11.6 Å². The van der Waals surface area contributed by atoms with Gasteiger partial charge in [-0.15, -0.1) is 0 Å². The van der Waals surface area contributed by atoms with Gasteiger partial charge < -0.3 is 5.32 Å². The molecular formula is C15H26ClN3. The van der Waals surface area contributed by atoms with Gasteiger partial charge in [0, 0.05) is 20.1 Å². The highest BCUT2D eigenvalue weighted by atomic mass is 35.5. The Balaban J connectivity index is 1.90. The summed E-state index contributed by atoms with van der Waals surface area (Å²) in [6.45, 7) is 6.39. The van der Waals surface area contributed by atoms with Crippen LogP contribution in [0.4, 0.5) is 0 Å². The fraction of sp³-hybridized carbons (Fsp3) is 0.800. The Bertz CT molecular complexity index is 419. The maximum atomic E-state index is 6.36. The molecule has 19 heavy (non-hydrogen) atoms. The molecule has 0 atom stereocenters. The second kappa shape index (κ2) is 6.27. The second-order valence-corrected chi connectivity index (χ2v) is 6.54. The molecule has 1 N–H and O–H groups in total. The smallest absolute Gasteiger partial charge is 0.0863 e. The standard InChI is InChI=1S/C15H26ClN3/c1-4-12-14(16)13(19(3)18-12)10-17-11-15(2)8-6-5-7-9-15/h17H,4-11H2,1-3H3. The largest absolute Gasteiger partial charge is 0.311 e. The second-order valence-electron chi connectivity index (χ2n) is 6.16. The third-order valence-corrected chi connectivity index (χ3v) is 4.84. The molecule has 1 saturated carbocycles. The molecule has 0 aromatic carbocycles. The quantitative estimate of drug-likeness (QED) is 0.893. The number of hydrogen-bond acceptors (Lipinski definition) is 2. The molecule has 2 rings (SSSR count). The molecule has 0 unspecified atom stereocenters. The van der Waals surface area contributed by atoms with Crippen LogP contribution in [-0.2, 0) is 20.0 Å². The maximum Gasteiger partial charge on any atom is 0.0863 e. The van der Waals surface area contributed by atoms with Gasteiger partial charge in [-0.3, -0.25) is 4.68 Å². The third-order valence-electron chi connectivity index (χ3n) is 4.41. The van der Waals surface area contributed by atoms with Gasteiger partial charge in [0.2, 0.25) is 0 Å². The molecule has 0 radical (unpaired) electrons. The van der Waals surface area contributed by atoms with Crippen LogP contribution in [0.2, 0.25) is 5.02 Å². The summed E-state index contributed by atoms with van der Waals surface area (Å²) in [4.78, 5) is 0. The average molecular weight is 284 g/mol. The molecule has 1 aromatic rings. The van der Waals surface area contributed by atoms with Crippen molar-refractivity contribution in [3.05, 3.63) is 16.4 Å². The Hall–Kier alpha value is -0.540. The lowest BCUT2D eigenvalue weighted by atomic mass is 9.76. The lowest BCUT2D eigenvalue weighted by molar-refractivity contribution is 0.207. The van der Waals surface area contributed by atoms with E-state index >= 15 is 0 Å². The summed E-state index contributed by atoms with van der Waals surface area (Å²) in [6.07, 6.45) is 7.75. The third kappa shape index (κ3) is 3.51. The minimum absolute atomic E-state index is 0.469. The van der Waals surface area contributed by atoms with Gasteiger partial charge in [0.25, 0.3) is 0 Å². The van der Waals surface area contributed by atoms with E-state index < -0.39 is 0 Å². The fourth-order valence-corrected chi connectivity index (χ4v) is 3.44. The number of nitrogens with zero attached hydrogens (tertiary/aromatic N) is 2. The van der Waals surface area contributed by atoms with E-state index in [1.807, 2.05) is 11.7 Å². The van der Waals surface area contributed by atoms with Crippen LogP contribution in [-0.4, -0.2) is 16.3 Å². The lowest BCUT2D eigenvalue weighted by Gasteiger charge is -2.33. The number of nitrogens with one attached hydrogen (secondary N) is 1. The monoisotopic (exact) mass is 283 g/mol. The van der Waals surface area contributed by atoms with E-state index in [1.165, 1.54) is 32.1 Å². The van der Waals surface area contributed by atoms with E-state index in [4.69, 9.17) is 11.6 Å². The van der Waals surface area contributed by atoms with Crippen LogP contribution in [0.15, 0.2) is 0 Å². The minimum atomic E-state index is 0.469. The molecule has 0 spiro atoms. The van der Waals surface area contributed by atoms with Gasteiger partial charge in [-0.05, 0) is 24.7 Å². The minimum Gasteiger partial charge on any atom is -0.311 e. The summed E-state index contributed by atoms with van der Waals surface area (Å²) in [7, 11) is 1.98. The molecule has 0 bridgehead atoms.